The van der Waals surface area contributed by atoms with Gasteiger partial charge in [0.05, 0.1) is 36.2 Å². The minimum atomic E-state index is -0.431. The second kappa shape index (κ2) is 11.0. The van der Waals surface area contributed by atoms with Crippen LogP contribution in [-0.4, -0.2) is 34.0 Å². The summed E-state index contributed by atoms with van der Waals surface area (Å²) >= 11 is 0. The Morgan fingerprint density at radius 2 is 1.69 bits per heavy atom. The molecular formula is C29H31N3O3. The maximum absolute atomic E-state index is 13.8. The summed E-state index contributed by atoms with van der Waals surface area (Å²) in [6, 6.07) is 24.0. The Labute approximate surface area is 205 Å². The van der Waals surface area contributed by atoms with Crippen LogP contribution in [0.5, 0.6) is 5.75 Å². The molecule has 6 heteroatoms. The third kappa shape index (κ3) is 5.11. The van der Waals surface area contributed by atoms with E-state index in [0.29, 0.717) is 41.1 Å². The zero-order valence-corrected chi connectivity index (χ0v) is 20.5. The van der Waals surface area contributed by atoms with Crippen LogP contribution in [0.3, 0.4) is 0 Å². The van der Waals surface area contributed by atoms with Crippen LogP contribution in [0.2, 0.25) is 0 Å². The number of nitrogens with zero attached hydrogens (tertiary/aromatic N) is 3. The number of ether oxygens (including phenoxy) is 1. The smallest absolute Gasteiger partial charge is 0.266 e. The van der Waals surface area contributed by atoms with Crippen molar-refractivity contribution in [2.45, 2.75) is 39.2 Å². The van der Waals surface area contributed by atoms with Crippen molar-refractivity contribution in [2.75, 3.05) is 13.7 Å². The fourth-order valence-corrected chi connectivity index (χ4v) is 4.35. The number of aromatic nitrogens is 2. The predicted octanol–water partition coefficient (Wildman–Crippen LogP) is 5.33. The van der Waals surface area contributed by atoms with Crippen molar-refractivity contribution in [2.24, 2.45) is 0 Å². The Morgan fingerprint density at radius 3 is 2.43 bits per heavy atom. The number of unbranched alkanes of at least 4 members (excludes halogenated alkanes) is 1. The van der Waals surface area contributed by atoms with E-state index in [9.17, 15) is 9.59 Å². The lowest BCUT2D eigenvalue weighted by molar-refractivity contribution is -0.132. The molecule has 1 heterocycles. The van der Waals surface area contributed by atoms with Gasteiger partial charge in [0.1, 0.15) is 11.6 Å². The van der Waals surface area contributed by atoms with Crippen LogP contribution >= 0.6 is 0 Å². The maximum Gasteiger partial charge on any atom is 0.266 e. The molecule has 0 fully saturated rings. The first-order valence-corrected chi connectivity index (χ1v) is 12.0. The van der Waals surface area contributed by atoms with Crippen molar-refractivity contribution in [1.29, 1.82) is 0 Å². The number of hydrogen-bond acceptors (Lipinski definition) is 4. The van der Waals surface area contributed by atoms with Crippen molar-refractivity contribution < 1.29 is 9.53 Å². The van der Waals surface area contributed by atoms with Gasteiger partial charge in [0.15, 0.2) is 0 Å². The number of hydrogen-bond donors (Lipinski definition) is 0. The van der Waals surface area contributed by atoms with Crippen molar-refractivity contribution in [3.05, 3.63) is 101 Å². The number of rotatable bonds is 9. The number of carbonyl (C=O) groups is 1. The number of fused-ring (bicyclic) bond motifs is 1. The molecule has 0 spiro atoms. The largest absolute Gasteiger partial charge is 0.495 e. The van der Waals surface area contributed by atoms with Gasteiger partial charge in [-0.25, -0.2) is 4.98 Å². The molecule has 0 saturated carbocycles. The van der Waals surface area contributed by atoms with Gasteiger partial charge >= 0.3 is 0 Å². The lowest BCUT2D eigenvalue weighted by Gasteiger charge is -2.31. The number of carbonyl (C=O) groups excluding carboxylic acids is 1. The Bertz CT molecular complexity index is 1360. The molecule has 0 radical (unpaired) electrons. The average molecular weight is 470 g/mol. The van der Waals surface area contributed by atoms with Crippen LogP contribution in [0, 0.1) is 0 Å². The van der Waals surface area contributed by atoms with Gasteiger partial charge < -0.3 is 9.64 Å². The third-order valence-corrected chi connectivity index (χ3v) is 6.24. The lowest BCUT2D eigenvalue weighted by Crippen LogP contribution is -2.39. The maximum atomic E-state index is 13.8. The van der Waals surface area contributed by atoms with Crippen LogP contribution in [0.4, 0.5) is 0 Å². The molecule has 0 aliphatic heterocycles. The first-order valence-electron chi connectivity index (χ1n) is 12.0. The quantitative estimate of drug-likeness (QED) is 0.333. The number of benzene rings is 3. The molecule has 180 valence electrons. The van der Waals surface area contributed by atoms with Gasteiger partial charge in [-0.15, -0.1) is 0 Å². The molecule has 1 atom stereocenters. The molecular weight excluding hydrogens is 438 g/mol. The van der Waals surface area contributed by atoms with Crippen molar-refractivity contribution in [3.8, 4) is 11.4 Å². The number of methoxy groups -OCH3 is 1. The van der Waals surface area contributed by atoms with Crippen LogP contribution in [-0.2, 0) is 11.2 Å². The van der Waals surface area contributed by atoms with E-state index in [1.807, 2.05) is 84.6 Å². The normalized spacial score (nSPS) is 11.9. The van der Waals surface area contributed by atoms with Crippen molar-refractivity contribution >= 4 is 16.8 Å². The Hall–Kier alpha value is -3.93. The molecule has 0 N–H and O–H groups in total. The predicted molar refractivity (Wildman–Crippen MR) is 139 cm³/mol. The average Bonchev–Trinajstić information content (AvgIpc) is 2.89. The van der Waals surface area contributed by atoms with Gasteiger partial charge in [0.25, 0.3) is 5.56 Å². The van der Waals surface area contributed by atoms with Gasteiger partial charge in [-0.3, -0.25) is 14.2 Å². The highest BCUT2D eigenvalue weighted by molar-refractivity contribution is 5.80. The Kier molecular flexibility index (Phi) is 7.60. The van der Waals surface area contributed by atoms with Crippen LogP contribution < -0.4 is 10.3 Å². The second-order valence-electron chi connectivity index (χ2n) is 8.58. The highest BCUT2D eigenvalue weighted by Gasteiger charge is 2.27. The topological polar surface area (TPSA) is 64.4 Å². The summed E-state index contributed by atoms with van der Waals surface area (Å²) in [5.41, 5.74) is 1.98. The summed E-state index contributed by atoms with van der Waals surface area (Å²) in [6.07, 6.45) is 2.10. The lowest BCUT2D eigenvalue weighted by atomic mass is 10.1. The van der Waals surface area contributed by atoms with Crippen LogP contribution in [0.15, 0.2) is 83.7 Å². The van der Waals surface area contributed by atoms with E-state index in [2.05, 4.69) is 6.92 Å². The van der Waals surface area contributed by atoms with E-state index in [4.69, 9.17) is 9.72 Å². The molecule has 0 aliphatic carbocycles. The number of para-hydroxylation sites is 3. The summed E-state index contributed by atoms with van der Waals surface area (Å²) in [4.78, 5) is 34.1. The molecule has 0 aliphatic rings. The van der Waals surface area contributed by atoms with E-state index in [-0.39, 0.29) is 11.5 Å². The summed E-state index contributed by atoms with van der Waals surface area (Å²) < 4.78 is 7.18. The molecule has 1 amide bonds. The molecule has 1 aromatic heterocycles. The summed E-state index contributed by atoms with van der Waals surface area (Å²) in [5.74, 6) is 1.08. The summed E-state index contributed by atoms with van der Waals surface area (Å²) in [5, 5.41) is 0.519. The Balaban J connectivity index is 1.87. The fourth-order valence-electron chi connectivity index (χ4n) is 4.35. The molecule has 4 rings (SSSR count). The molecule has 6 nitrogen and oxygen atoms in total. The van der Waals surface area contributed by atoms with E-state index >= 15 is 0 Å². The summed E-state index contributed by atoms with van der Waals surface area (Å²) in [6.45, 7) is 4.63. The zero-order chi connectivity index (χ0) is 24.8. The van der Waals surface area contributed by atoms with Gasteiger partial charge in [-0.1, -0.05) is 67.9 Å². The van der Waals surface area contributed by atoms with Crippen molar-refractivity contribution in [1.82, 2.24) is 14.5 Å². The standard InChI is InChI=1S/C29H31N3O3/c1-4-5-19-31(27(33)20-22-13-7-6-8-14-22)21(2)28-30-24-16-10-9-15-23(24)29(34)32(28)25-17-11-12-18-26(25)35-3/h6-18,21H,4-5,19-20H2,1-3H3. The van der Waals surface area contributed by atoms with Crippen LogP contribution in [0.25, 0.3) is 16.6 Å². The van der Waals surface area contributed by atoms with Gasteiger partial charge in [-0.05, 0) is 43.2 Å². The SMILES string of the molecule is CCCCN(C(=O)Cc1ccccc1)C(C)c1nc2ccccc2c(=O)n1-c1ccccc1OC. The molecule has 1 unspecified atom stereocenters. The minimum Gasteiger partial charge on any atom is -0.495 e. The molecule has 35 heavy (non-hydrogen) atoms. The third-order valence-electron chi connectivity index (χ3n) is 6.24. The van der Waals surface area contributed by atoms with Crippen molar-refractivity contribution in [3.63, 3.8) is 0 Å². The minimum absolute atomic E-state index is 0.00568. The number of amides is 1. The van der Waals surface area contributed by atoms with Gasteiger partial charge in [-0.2, -0.15) is 0 Å². The summed E-state index contributed by atoms with van der Waals surface area (Å²) in [7, 11) is 1.58. The first-order chi connectivity index (χ1) is 17.0. The van der Waals surface area contributed by atoms with E-state index in [1.165, 1.54) is 0 Å². The Morgan fingerprint density at radius 1 is 1.00 bits per heavy atom. The molecule has 4 aromatic rings. The van der Waals surface area contributed by atoms with Crippen LogP contribution in [0.1, 0.15) is 44.1 Å². The van der Waals surface area contributed by atoms with E-state index in [1.54, 1.807) is 17.7 Å². The van der Waals surface area contributed by atoms with Gasteiger partial charge in [0, 0.05) is 6.54 Å². The monoisotopic (exact) mass is 469 g/mol. The fraction of sp³-hybridized carbons (Fsp3) is 0.276. The molecule has 3 aromatic carbocycles. The highest BCUT2D eigenvalue weighted by atomic mass is 16.5. The molecule has 0 bridgehead atoms. The molecule has 0 saturated heterocycles. The van der Waals surface area contributed by atoms with Gasteiger partial charge in [0.2, 0.25) is 5.91 Å². The first kappa shape index (κ1) is 24.2. The zero-order valence-electron chi connectivity index (χ0n) is 20.5. The second-order valence-corrected chi connectivity index (χ2v) is 8.58. The highest BCUT2D eigenvalue weighted by Crippen LogP contribution is 2.28. The van der Waals surface area contributed by atoms with E-state index < -0.39 is 6.04 Å². The van der Waals surface area contributed by atoms with E-state index in [0.717, 1.165) is 18.4 Å².